The van der Waals surface area contributed by atoms with Gasteiger partial charge in [-0.05, 0) is 55.0 Å². The molecule has 1 fully saturated rings. The van der Waals surface area contributed by atoms with Crippen LogP contribution in [0, 0.1) is 0 Å². The van der Waals surface area contributed by atoms with Crippen LogP contribution >= 0.6 is 39.7 Å². The van der Waals surface area contributed by atoms with E-state index in [1.54, 1.807) is 31.2 Å². The number of para-hydroxylation sites is 1. The SMILES string of the molecule is CCOc1cc(C=C2C(=O)NC(=S)N(c3ccccc3Cl)C2=O)c(Br)cc1O. The molecule has 1 saturated heterocycles. The summed E-state index contributed by atoms with van der Waals surface area (Å²) in [4.78, 5) is 26.6. The van der Waals surface area contributed by atoms with Crippen molar-refractivity contribution in [1.82, 2.24) is 5.32 Å². The molecule has 1 aliphatic rings. The van der Waals surface area contributed by atoms with Gasteiger partial charge in [-0.25, -0.2) is 0 Å². The monoisotopic (exact) mass is 480 g/mol. The van der Waals surface area contributed by atoms with Crippen LogP contribution in [0.4, 0.5) is 5.69 Å². The average Bonchev–Trinajstić information content (AvgIpc) is 2.63. The van der Waals surface area contributed by atoms with Gasteiger partial charge < -0.3 is 9.84 Å². The maximum absolute atomic E-state index is 13.0. The number of nitrogens with one attached hydrogen (secondary N) is 1. The number of anilines is 1. The van der Waals surface area contributed by atoms with Crippen LogP contribution in [0.5, 0.6) is 11.5 Å². The molecule has 28 heavy (non-hydrogen) atoms. The summed E-state index contributed by atoms with van der Waals surface area (Å²) in [5.74, 6) is -1.06. The molecule has 6 nitrogen and oxygen atoms in total. The van der Waals surface area contributed by atoms with Crippen LogP contribution in [0.25, 0.3) is 6.08 Å². The number of carbonyl (C=O) groups excluding carboxylic acids is 2. The largest absolute Gasteiger partial charge is 0.504 e. The van der Waals surface area contributed by atoms with Crippen molar-refractivity contribution < 1.29 is 19.4 Å². The van der Waals surface area contributed by atoms with Crippen LogP contribution in [-0.2, 0) is 9.59 Å². The summed E-state index contributed by atoms with van der Waals surface area (Å²) in [6.45, 7) is 2.12. The summed E-state index contributed by atoms with van der Waals surface area (Å²) in [6.07, 6.45) is 1.40. The Labute approximate surface area is 179 Å². The van der Waals surface area contributed by atoms with Crippen LogP contribution in [0.1, 0.15) is 12.5 Å². The molecule has 0 atom stereocenters. The number of thiocarbonyl (C=S) groups is 1. The number of halogens is 2. The zero-order valence-electron chi connectivity index (χ0n) is 14.5. The standard InChI is InChI=1S/C19H14BrClN2O4S/c1-2-27-16-8-10(12(20)9-15(16)24)7-11-17(25)22-19(28)23(18(11)26)14-6-4-3-5-13(14)21/h3-9,24H,2H2,1H3,(H,22,25,28). The maximum Gasteiger partial charge on any atom is 0.270 e. The van der Waals surface area contributed by atoms with E-state index in [0.717, 1.165) is 0 Å². The van der Waals surface area contributed by atoms with E-state index in [9.17, 15) is 14.7 Å². The number of amides is 2. The van der Waals surface area contributed by atoms with Crippen LogP contribution in [0.3, 0.4) is 0 Å². The molecule has 1 aliphatic heterocycles. The summed E-state index contributed by atoms with van der Waals surface area (Å²) in [6, 6.07) is 9.65. The van der Waals surface area contributed by atoms with E-state index in [1.807, 2.05) is 0 Å². The minimum absolute atomic E-state index is 0.0555. The summed E-state index contributed by atoms with van der Waals surface area (Å²) < 4.78 is 5.85. The fraction of sp³-hybridized carbons (Fsp3) is 0.105. The van der Waals surface area contributed by atoms with E-state index in [-0.39, 0.29) is 22.2 Å². The second-order valence-corrected chi connectivity index (χ2v) is 7.33. The second kappa shape index (κ2) is 8.30. The van der Waals surface area contributed by atoms with Crippen LogP contribution in [-0.4, -0.2) is 28.6 Å². The fourth-order valence-corrected chi connectivity index (χ4v) is 3.55. The summed E-state index contributed by atoms with van der Waals surface area (Å²) >= 11 is 14.7. The number of carbonyl (C=O) groups is 2. The molecule has 0 saturated carbocycles. The Kier molecular flexibility index (Phi) is 6.02. The highest BCUT2D eigenvalue weighted by Crippen LogP contribution is 2.35. The lowest BCUT2D eigenvalue weighted by atomic mass is 10.1. The molecule has 0 aromatic heterocycles. The number of phenols is 1. The Morgan fingerprint density at radius 1 is 1.32 bits per heavy atom. The van der Waals surface area contributed by atoms with Gasteiger partial charge in [0.05, 0.1) is 17.3 Å². The highest BCUT2D eigenvalue weighted by atomic mass is 79.9. The van der Waals surface area contributed by atoms with Crippen molar-refractivity contribution in [2.45, 2.75) is 6.92 Å². The summed E-state index contributed by atoms with van der Waals surface area (Å²) in [7, 11) is 0. The highest BCUT2D eigenvalue weighted by molar-refractivity contribution is 9.10. The predicted molar refractivity (Wildman–Crippen MR) is 115 cm³/mol. The van der Waals surface area contributed by atoms with E-state index >= 15 is 0 Å². The van der Waals surface area contributed by atoms with Crippen molar-refractivity contribution in [3.05, 3.63) is 57.0 Å². The third-order valence-corrected chi connectivity index (χ3v) is 5.16. The molecule has 2 aromatic carbocycles. The molecular weight excluding hydrogens is 468 g/mol. The fourth-order valence-electron chi connectivity index (χ4n) is 2.61. The van der Waals surface area contributed by atoms with Crippen molar-refractivity contribution >= 4 is 68.4 Å². The first kappa shape index (κ1) is 20.3. The quantitative estimate of drug-likeness (QED) is 0.391. The van der Waals surface area contributed by atoms with E-state index in [1.165, 1.54) is 23.1 Å². The van der Waals surface area contributed by atoms with Gasteiger partial charge in [-0.2, -0.15) is 0 Å². The van der Waals surface area contributed by atoms with E-state index in [4.69, 9.17) is 28.6 Å². The first-order valence-corrected chi connectivity index (χ1v) is 9.72. The Morgan fingerprint density at radius 3 is 2.71 bits per heavy atom. The molecule has 2 N–H and O–H groups in total. The highest BCUT2D eigenvalue weighted by Gasteiger charge is 2.35. The number of phenolic OH excluding ortho intramolecular Hbond substituents is 1. The normalized spacial score (nSPS) is 15.8. The molecule has 3 rings (SSSR count). The topological polar surface area (TPSA) is 78.9 Å². The van der Waals surface area contributed by atoms with Crippen LogP contribution < -0.4 is 15.0 Å². The Hall–Kier alpha value is -2.42. The van der Waals surface area contributed by atoms with Crippen LogP contribution in [0.15, 0.2) is 46.4 Å². The molecule has 0 bridgehead atoms. The smallest absolute Gasteiger partial charge is 0.270 e. The Morgan fingerprint density at radius 2 is 2.04 bits per heavy atom. The van der Waals surface area contributed by atoms with Gasteiger partial charge in [0.15, 0.2) is 16.6 Å². The van der Waals surface area contributed by atoms with Crippen molar-refractivity contribution in [3.8, 4) is 11.5 Å². The first-order valence-electron chi connectivity index (χ1n) is 8.14. The number of nitrogens with zero attached hydrogens (tertiary/aromatic N) is 1. The molecule has 9 heteroatoms. The lowest BCUT2D eigenvalue weighted by molar-refractivity contribution is -0.122. The predicted octanol–water partition coefficient (Wildman–Crippen LogP) is 4.04. The molecule has 2 aromatic rings. The van der Waals surface area contributed by atoms with E-state index < -0.39 is 11.8 Å². The van der Waals surface area contributed by atoms with Gasteiger partial charge in [0, 0.05) is 4.47 Å². The molecule has 2 amide bonds. The molecule has 144 valence electrons. The van der Waals surface area contributed by atoms with Crippen LogP contribution in [0.2, 0.25) is 5.02 Å². The van der Waals surface area contributed by atoms with Crippen molar-refractivity contribution in [2.75, 3.05) is 11.5 Å². The third-order valence-electron chi connectivity index (χ3n) is 3.87. The van der Waals surface area contributed by atoms with Gasteiger partial charge >= 0.3 is 0 Å². The van der Waals surface area contributed by atoms with Gasteiger partial charge in [0.25, 0.3) is 11.8 Å². The van der Waals surface area contributed by atoms with Gasteiger partial charge in [0.2, 0.25) is 0 Å². The molecular formula is C19H14BrClN2O4S. The van der Waals surface area contributed by atoms with Crippen molar-refractivity contribution in [1.29, 1.82) is 0 Å². The Balaban J connectivity index is 2.07. The molecule has 0 spiro atoms. The lowest BCUT2D eigenvalue weighted by Crippen LogP contribution is -2.54. The molecule has 0 unspecified atom stereocenters. The van der Waals surface area contributed by atoms with E-state index in [0.29, 0.717) is 27.4 Å². The van der Waals surface area contributed by atoms with Gasteiger partial charge in [-0.1, -0.05) is 39.7 Å². The number of rotatable bonds is 4. The number of benzene rings is 2. The summed E-state index contributed by atoms with van der Waals surface area (Å²) in [5, 5.41) is 12.7. The van der Waals surface area contributed by atoms with Gasteiger partial charge in [0.1, 0.15) is 5.57 Å². The zero-order valence-corrected chi connectivity index (χ0v) is 17.7. The van der Waals surface area contributed by atoms with E-state index in [2.05, 4.69) is 21.2 Å². The first-order chi connectivity index (χ1) is 13.3. The molecule has 0 aliphatic carbocycles. The number of hydrogen-bond acceptors (Lipinski definition) is 5. The zero-order chi connectivity index (χ0) is 20.4. The number of aromatic hydroxyl groups is 1. The number of hydrogen-bond donors (Lipinski definition) is 2. The van der Waals surface area contributed by atoms with Crippen molar-refractivity contribution in [2.24, 2.45) is 0 Å². The van der Waals surface area contributed by atoms with Gasteiger partial charge in [-0.15, -0.1) is 0 Å². The summed E-state index contributed by atoms with van der Waals surface area (Å²) in [5.41, 5.74) is 0.707. The molecule has 0 radical (unpaired) electrons. The Bertz CT molecular complexity index is 1020. The van der Waals surface area contributed by atoms with Gasteiger partial charge in [-0.3, -0.25) is 19.8 Å². The minimum Gasteiger partial charge on any atom is -0.504 e. The maximum atomic E-state index is 13.0. The minimum atomic E-state index is -0.628. The number of ether oxygens (including phenoxy) is 1. The van der Waals surface area contributed by atoms with Crippen molar-refractivity contribution in [3.63, 3.8) is 0 Å². The third kappa shape index (κ3) is 3.89. The average molecular weight is 482 g/mol. The second-order valence-electron chi connectivity index (χ2n) is 5.68. The molecule has 1 heterocycles. The lowest BCUT2D eigenvalue weighted by Gasteiger charge is -2.29.